The lowest BCUT2D eigenvalue weighted by atomic mass is 10.1. The van der Waals surface area contributed by atoms with Crippen LogP contribution in [0.15, 0.2) is 120 Å². The minimum absolute atomic E-state index is 0.0498. The largest absolute Gasteiger partial charge is 0.457 e. The fourth-order valence-electron chi connectivity index (χ4n) is 4.68. The topological polar surface area (TPSA) is 96.0 Å². The first-order chi connectivity index (χ1) is 21.2. The van der Waals surface area contributed by atoms with E-state index in [0.29, 0.717) is 30.2 Å². The number of rotatable bonds is 14. The number of amides is 2. The molecule has 0 fully saturated rings. The molecule has 230 valence electrons. The lowest BCUT2D eigenvalue weighted by Gasteiger charge is -2.33. The lowest BCUT2D eigenvalue weighted by molar-refractivity contribution is -0.140. The van der Waals surface area contributed by atoms with Gasteiger partial charge >= 0.3 is 0 Å². The molecule has 0 saturated carbocycles. The highest BCUT2D eigenvalue weighted by Crippen LogP contribution is 2.28. The molecule has 0 aliphatic carbocycles. The number of hydrogen-bond acceptors (Lipinski definition) is 5. The molecule has 4 aromatic rings. The van der Waals surface area contributed by atoms with Gasteiger partial charge in [0.05, 0.1) is 10.6 Å². The number of benzene rings is 4. The highest BCUT2D eigenvalue weighted by atomic mass is 32.2. The molecule has 2 amide bonds. The van der Waals surface area contributed by atoms with Crippen LogP contribution < -0.4 is 14.4 Å². The van der Waals surface area contributed by atoms with Crippen molar-refractivity contribution in [2.75, 3.05) is 17.4 Å². The molecule has 4 rings (SSSR count). The van der Waals surface area contributed by atoms with Crippen molar-refractivity contribution in [1.29, 1.82) is 0 Å². The fraction of sp³-hybridized carbons (Fsp3) is 0.257. The summed E-state index contributed by atoms with van der Waals surface area (Å²) >= 11 is 0. The summed E-state index contributed by atoms with van der Waals surface area (Å²) in [4.78, 5) is 29.0. The molecule has 0 spiro atoms. The van der Waals surface area contributed by atoms with Gasteiger partial charge in [-0.2, -0.15) is 0 Å². The Bertz CT molecular complexity index is 1600. The Morgan fingerprint density at radius 1 is 0.773 bits per heavy atom. The van der Waals surface area contributed by atoms with E-state index in [1.54, 1.807) is 42.5 Å². The van der Waals surface area contributed by atoms with Crippen LogP contribution in [-0.4, -0.2) is 44.3 Å². The van der Waals surface area contributed by atoms with Gasteiger partial charge < -0.3 is 15.0 Å². The summed E-state index contributed by atoms with van der Waals surface area (Å²) < 4.78 is 35.0. The predicted molar refractivity (Wildman–Crippen MR) is 173 cm³/mol. The van der Waals surface area contributed by atoms with Crippen LogP contribution >= 0.6 is 0 Å². The van der Waals surface area contributed by atoms with E-state index in [0.717, 1.165) is 9.87 Å². The predicted octanol–water partition coefficient (Wildman–Crippen LogP) is 6.25. The maximum absolute atomic E-state index is 14.2. The number of sulfonamides is 1. The molecule has 0 aromatic heterocycles. The summed E-state index contributed by atoms with van der Waals surface area (Å²) in [6.45, 7) is 5.95. The molecule has 1 N–H and O–H groups in total. The Hall–Kier alpha value is -4.63. The molecule has 0 aliphatic rings. The third kappa shape index (κ3) is 8.48. The zero-order chi connectivity index (χ0) is 31.5. The third-order valence-corrected chi connectivity index (χ3v) is 8.77. The monoisotopic (exact) mass is 613 g/mol. The molecule has 1 atom stereocenters. The molecule has 0 heterocycles. The van der Waals surface area contributed by atoms with Crippen LogP contribution in [0.25, 0.3) is 0 Å². The van der Waals surface area contributed by atoms with Crippen LogP contribution in [0.1, 0.15) is 32.8 Å². The van der Waals surface area contributed by atoms with Crippen LogP contribution in [0.3, 0.4) is 0 Å². The number of para-hydroxylation sites is 1. The summed E-state index contributed by atoms with van der Waals surface area (Å²) in [5.74, 6) is 0.619. The summed E-state index contributed by atoms with van der Waals surface area (Å²) in [5, 5.41) is 2.94. The zero-order valence-corrected chi connectivity index (χ0v) is 26.1. The van der Waals surface area contributed by atoms with E-state index in [2.05, 4.69) is 5.32 Å². The lowest BCUT2D eigenvalue weighted by Crippen LogP contribution is -2.52. The molecule has 44 heavy (non-hydrogen) atoms. The van der Waals surface area contributed by atoms with Crippen LogP contribution in [0, 0.1) is 5.92 Å². The molecular formula is C35H39N3O5S. The van der Waals surface area contributed by atoms with Gasteiger partial charge in [0.25, 0.3) is 10.0 Å². The van der Waals surface area contributed by atoms with Crippen molar-refractivity contribution in [3.63, 3.8) is 0 Å². The standard InChI is InChI=1S/C35H39N3O5S/c1-4-33(35(40)36-24-27(2)3)37(25-28-14-8-5-9-15-28)34(39)26-38(44(41,42)32-18-12-7-13-19-32)29-20-22-31(23-21-29)43-30-16-10-6-11-17-30/h5-23,27,33H,4,24-26H2,1-3H3,(H,36,40)/t33-/m0/s1. The first-order valence-electron chi connectivity index (χ1n) is 14.7. The van der Waals surface area contributed by atoms with Gasteiger partial charge in [-0.15, -0.1) is 0 Å². The van der Waals surface area contributed by atoms with Crippen LogP contribution in [-0.2, 0) is 26.2 Å². The van der Waals surface area contributed by atoms with E-state index < -0.39 is 28.5 Å². The normalized spacial score (nSPS) is 11.9. The minimum Gasteiger partial charge on any atom is -0.457 e. The van der Waals surface area contributed by atoms with Crippen LogP contribution in [0.4, 0.5) is 5.69 Å². The summed E-state index contributed by atoms with van der Waals surface area (Å²) in [7, 11) is -4.16. The molecule has 0 radical (unpaired) electrons. The second-order valence-electron chi connectivity index (χ2n) is 10.8. The average molecular weight is 614 g/mol. The fourth-order valence-corrected chi connectivity index (χ4v) is 6.11. The average Bonchev–Trinajstić information content (AvgIpc) is 3.04. The Morgan fingerprint density at radius 2 is 1.32 bits per heavy atom. The molecular weight excluding hydrogens is 574 g/mol. The van der Waals surface area contributed by atoms with E-state index in [1.807, 2.05) is 81.4 Å². The minimum atomic E-state index is -4.16. The zero-order valence-electron chi connectivity index (χ0n) is 25.3. The Morgan fingerprint density at radius 3 is 1.89 bits per heavy atom. The maximum atomic E-state index is 14.2. The van der Waals surface area contributed by atoms with Crippen molar-refractivity contribution >= 4 is 27.5 Å². The van der Waals surface area contributed by atoms with E-state index in [4.69, 9.17) is 4.74 Å². The van der Waals surface area contributed by atoms with Gasteiger partial charge in [-0.1, -0.05) is 87.5 Å². The maximum Gasteiger partial charge on any atom is 0.264 e. The van der Waals surface area contributed by atoms with Gasteiger partial charge in [0.2, 0.25) is 11.8 Å². The van der Waals surface area contributed by atoms with E-state index in [1.165, 1.54) is 17.0 Å². The van der Waals surface area contributed by atoms with Crippen molar-refractivity contribution in [2.24, 2.45) is 5.92 Å². The highest BCUT2D eigenvalue weighted by Gasteiger charge is 2.33. The van der Waals surface area contributed by atoms with Crippen LogP contribution in [0.5, 0.6) is 11.5 Å². The number of carbonyl (C=O) groups excluding carboxylic acids is 2. The van der Waals surface area contributed by atoms with Crippen molar-refractivity contribution in [1.82, 2.24) is 10.2 Å². The number of anilines is 1. The number of nitrogens with zero attached hydrogens (tertiary/aromatic N) is 2. The summed E-state index contributed by atoms with van der Waals surface area (Å²) in [6, 6.07) is 32.4. The summed E-state index contributed by atoms with van der Waals surface area (Å²) in [6.07, 6.45) is 0.361. The van der Waals surface area contributed by atoms with Crippen molar-refractivity contribution < 1.29 is 22.7 Å². The van der Waals surface area contributed by atoms with E-state index in [9.17, 15) is 18.0 Å². The Kier molecular flexibility index (Phi) is 11.2. The first kappa shape index (κ1) is 32.3. The van der Waals surface area contributed by atoms with Crippen molar-refractivity contribution in [3.8, 4) is 11.5 Å². The smallest absolute Gasteiger partial charge is 0.264 e. The first-order valence-corrected chi connectivity index (χ1v) is 16.1. The van der Waals surface area contributed by atoms with Crippen LogP contribution in [0.2, 0.25) is 0 Å². The third-order valence-electron chi connectivity index (χ3n) is 6.98. The van der Waals surface area contributed by atoms with Gasteiger partial charge in [-0.05, 0) is 66.4 Å². The van der Waals surface area contributed by atoms with Gasteiger partial charge in [0.1, 0.15) is 24.1 Å². The van der Waals surface area contributed by atoms with E-state index >= 15 is 0 Å². The number of nitrogens with one attached hydrogen (secondary N) is 1. The highest BCUT2D eigenvalue weighted by molar-refractivity contribution is 7.92. The molecule has 9 heteroatoms. The molecule has 0 bridgehead atoms. The van der Waals surface area contributed by atoms with Gasteiger partial charge in [-0.25, -0.2) is 8.42 Å². The van der Waals surface area contributed by atoms with Crippen molar-refractivity contribution in [2.45, 2.75) is 44.7 Å². The SMILES string of the molecule is CC[C@@H](C(=O)NCC(C)C)N(Cc1ccccc1)C(=O)CN(c1ccc(Oc2ccccc2)cc1)S(=O)(=O)c1ccccc1. The second-order valence-corrected chi connectivity index (χ2v) is 12.7. The molecule has 0 aliphatic heterocycles. The molecule has 4 aromatic carbocycles. The molecule has 0 saturated heterocycles. The van der Waals surface area contributed by atoms with Gasteiger partial charge in [0.15, 0.2) is 0 Å². The molecule has 0 unspecified atom stereocenters. The van der Waals surface area contributed by atoms with Gasteiger partial charge in [-0.3, -0.25) is 13.9 Å². The number of hydrogen-bond donors (Lipinski definition) is 1. The Balaban J connectivity index is 1.69. The van der Waals surface area contributed by atoms with Crippen molar-refractivity contribution in [3.05, 3.63) is 121 Å². The number of carbonyl (C=O) groups is 2. The van der Waals surface area contributed by atoms with E-state index in [-0.39, 0.29) is 23.3 Å². The second kappa shape index (κ2) is 15.2. The number of ether oxygens (including phenoxy) is 1. The molecule has 8 nitrogen and oxygen atoms in total. The quantitative estimate of drug-likeness (QED) is 0.181. The Labute approximate surface area is 260 Å². The summed E-state index contributed by atoms with van der Waals surface area (Å²) in [5.41, 5.74) is 1.12. The van der Waals surface area contributed by atoms with Gasteiger partial charge in [0, 0.05) is 13.1 Å².